The second-order valence-electron chi connectivity index (χ2n) is 37.0. The lowest BCUT2D eigenvalue weighted by molar-refractivity contribution is -0.392. The molecule has 0 radical (unpaired) electrons. The van der Waals surface area contributed by atoms with Gasteiger partial charge in [-0.15, -0.1) is 0 Å². The Hall–Kier alpha value is -3.54. The molecule has 680 valence electrons. The van der Waals surface area contributed by atoms with Gasteiger partial charge in [-0.2, -0.15) is 0 Å². The van der Waals surface area contributed by atoms with Crippen LogP contribution in [0.25, 0.3) is 0 Å². The van der Waals surface area contributed by atoms with Gasteiger partial charge in [0, 0.05) is 12.8 Å². The van der Waals surface area contributed by atoms with Crippen LogP contribution >= 0.6 is 0 Å². The highest BCUT2D eigenvalue weighted by molar-refractivity contribution is 5.80. The number of aldehydes is 1. The van der Waals surface area contributed by atoms with Crippen LogP contribution in [-0.4, -0.2) is 392 Å². The molecule has 119 heavy (non-hydrogen) atoms. The fourth-order valence-corrected chi connectivity index (χ4v) is 22.1. The number of esters is 2. The summed E-state index contributed by atoms with van der Waals surface area (Å²) in [5.74, 6) is -5.76. The third kappa shape index (κ3) is 16.0. The first kappa shape index (κ1) is 93.1. The number of carbonyl (C=O) groups is 4. The average molecular weight is 1720 g/mol. The normalized spacial score (nSPS) is 54.4. The maximum Gasteiger partial charge on any atom is 0.335 e. The highest BCUT2D eigenvalue weighted by Gasteiger charge is 2.75. The summed E-state index contributed by atoms with van der Waals surface area (Å²) in [4.78, 5) is 57.3. The summed E-state index contributed by atoms with van der Waals surface area (Å²) in [6, 6.07) is 0. The standard InChI is InChI=1S/C78H122O41/c1-27-40-32-12-13-37-73(8)16-15-39(111-69-59(117-67-49(94)45(90)43(88)35(21-79)110-67)56(51(96)57(115-69)62(99)100)114-63-47(92)42(87)33(83)22-103-63)74(9,24-80)36(73)14-17-75(37,10)76(32,11)20-38(85)78(40,19-18-72(27,6)7)71(101)119-68-60(58(54(30(4)108-68)109-31(5)82)116-65-48(93)44(89)41(86)28(2)106-65)118-66-50(95)46(91)53(29(3)107-66)112-64-52(97)55(34(84)23-104-64)113-70-61(98)77(102,25-81)26-105-70/h12,24,27-30,33-61,63-70,79,81,83-98,102H,13-23,25-26H2,1-11H3,(H,99,100)/t27-,28+,29+,30-,33-,34-,35-,36-,37-,38-,39+,40+,41+,42+,43+,44-,45+,46+,47-,48-,49-,50-,51+,52-,53+,54+,55+,56+,57+,58+,59-,60-,61+,63+,64+,65+,66+,67+,68+,69-,70+,73+,74+,75-,76-,77-,78+/m1/s1. The lowest BCUT2D eigenvalue weighted by atomic mass is 9.32. The van der Waals surface area contributed by atoms with E-state index in [0.717, 1.165) is 18.8 Å². The van der Waals surface area contributed by atoms with Gasteiger partial charge in [-0.1, -0.05) is 60.1 Å². The predicted molar refractivity (Wildman–Crippen MR) is 388 cm³/mol. The number of aliphatic hydroxyl groups excluding tert-OH is 18. The molecule has 12 fully saturated rings. The molecule has 0 aromatic heterocycles. The van der Waals surface area contributed by atoms with E-state index in [1.807, 2.05) is 6.92 Å². The third-order valence-corrected chi connectivity index (χ3v) is 29.8. The van der Waals surface area contributed by atoms with Gasteiger partial charge in [0.1, 0.15) is 145 Å². The summed E-state index contributed by atoms with van der Waals surface area (Å²) in [6.07, 6.45) is -62.8. The summed E-state index contributed by atoms with van der Waals surface area (Å²) < 4.78 is 104. The zero-order valence-electron chi connectivity index (χ0n) is 68.0. The maximum atomic E-state index is 16.5. The van der Waals surface area contributed by atoms with Gasteiger partial charge in [0.25, 0.3) is 0 Å². The molecule has 0 amide bonds. The first-order valence-corrected chi connectivity index (χ1v) is 41.1. The minimum Gasteiger partial charge on any atom is -0.479 e. The Morgan fingerprint density at radius 1 is 0.504 bits per heavy atom. The van der Waals surface area contributed by atoms with Crippen LogP contribution < -0.4 is 0 Å². The molecule has 0 aromatic carbocycles. The summed E-state index contributed by atoms with van der Waals surface area (Å²) in [5, 5.41) is 223. The van der Waals surface area contributed by atoms with Crippen LogP contribution in [0, 0.1) is 56.2 Å². The number of aliphatic carboxylic acids is 1. The van der Waals surface area contributed by atoms with Crippen LogP contribution in [0.5, 0.6) is 0 Å². The zero-order valence-corrected chi connectivity index (χ0v) is 68.0. The van der Waals surface area contributed by atoms with E-state index < -0.39 is 334 Å². The Morgan fingerprint density at radius 3 is 1.68 bits per heavy atom. The number of hydrogen-bond acceptors (Lipinski definition) is 40. The molecule has 5 aliphatic carbocycles. The van der Waals surface area contributed by atoms with E-state index in [2.05, 4.69) is 40.7 Å². The van der Waals surface area contributed by atoms with Gasteiger partial charge >= 0.3 is 17.9 Å². The second kappa shape index (κ2) is 34.9. The van der Waals surface area contributed by atoms with E-state index >= 15 is 4.79 Å². The zero-order chi connectivity index (χ0) is 87.1. The summed E-state index contributed by atoms with van der Waals surface area (Å²) in [6.45, 7) is 15.7. The molecule has 8 aliphatic heterocycles. The molecule has 4 saturated carbocycles. The second-order valence-corrected chi connectivity index (χ2v) is 37.0. The molecular weight excluding hydrogens is 1590 g/mol. The molecule has 0 spiro atoms. The number of carboxylic acids is 1. The Kier molecular flexibility index (Phi) is 27.3. The lowest BCUT2D eigenvalue weighted by Crippen LogP contribution is -2.70. The van der Waals surface area contributed by atoms with E-state index in [9.17, 15) is 117 Å². The van der Waals surface area contributed by atoms with Crippen LogP contribution in [0.4, 0.5) is 0 Å². The maximum absolute atomic E-state index is 16.5. The number of carbonyl (C=O) groups excluding carboxylic acids is 3. The van der Waals surface area contributed by atoms with Crippen molar-refractivity contribution in [3.8, 4) is 0 Å². The molecule has 0 aromatic rings. The van der Waals surface area contributed by atoms with Gasteiger partial charge in [-0.05, 0) is 112 Å². The van der Waals surface area contributed by atoms with Crippen molar-refractivity contribution < 1.29 is 202 Å². The number of ether oxygens (including phenoxy) is 17. The van der Waals surface area contributed by atoms with Crippen molar-refractivity contribution in [1.82, 2.24) is 0 Å². The van der Waals surface area contributed by atoms with Crippen LogP contribution in [0.2, 0.25) is 0 Å². The molecular formula is C78H122O41. The number of hydrogen-bond donors (Lipinski definition) is 20. The van der Waals surface area contributed by atoms with Crippen LogP contribution in [0.1, 0.15) is 128 Å². The Bertz CT molecular complexity index is 3580. The molecule has 0 unspecified atom stereocenters. The summed E-state index contributed by atoms with van der Waals surface area (Å²) in [5.41, 5.74) is -7.64. The number of allylic oxidation sites excluding steroid dienone is 2. The topological polar surface area (TPSA) is 630 Å². The molecule has 47 atom stereocenters. The molecule has 41 heteroatoms. The molecule has 8 heterocycles. The smallest absolute Gasteiger partial charge is 0.335 e. The minimum atomic E-state index is -2.25. The van der Waals surface area contributed by atoms with Crippen molar-refractivity contribution in [2.45, 2.75) is 360 Å². The SMILES string of the molecule is CC(=O)O[C@@H]1[C@H](O[C@@H]2O[C@@H](C)[C@H](O)[C@@H](O)[C@H]2O)[C@@H](O[C@@H]2O[C@@H](C)[C@H](O[C@@H]3OC[C@@H](O)[C@H](O[C@@H]4OC[C@](O)(CO)[C@H]4O)[C@H]3O)[C@@H](O)[C@H]2O)[C@H](OC(=O)[C@]23CCC(C)(C)[C@H](C)[C@H]2C2=CC[C@@H]4[C@@]5(C)CC[C@H](O[C@@H]6O[C@H](C(=O)O)[C@@H](O)[C@H](O[C@@H]7OC[C@@H](O)[C@H](O)[C@H]7O)[C@H]6O[C@@H]6O[C@H](CO)[C@H](O)[C@H](O)[C@H]6O)[C@@](C)(C=O)[C@@H]5CC[C@@]4(C)[C@]2(C)C[C@H]3O)O[C@@H]1C. The van der Waals surface area contributed by atoms with E-state index in [1.54, 1.807) is 6.92 Å². The lowest BCUT2D eigenvalue weighted by Gasteiger charge is -2.72. The molecule has 8 saturated heterocycles. The largest absolute Gasteiger partial charge is 0.479 e. The third-order valence-electron chi connectivity index (χ3n) is 29.8. The van der Waals surface area contributed by atoms with E-state index in [4.69, 9.17) is 80.5 Å². The van der Waals surface area contributed by atoms with E-state index in [0.29, 0.717) is 32.1 Å². The number of carboxylic acid groups (broad SMARTS) is 1. The Labute approximate surface area is 685 Å². The number of aliphatic hydroxyl groups is 19. The van der Waals surface area contributed by atoms with Crippen molar-refractivity contribution in [3.05, 3.63) is 11.6 Å². The monoisotopic (exact) mass is 1710 g/mol. The van der Waals surface area contributed by atoms with E-state index in [1.165, 1.54) is 20.8 Å². The van der Waals surface area contributed by atoms with Gasteiger partial charge in [0.15, 0.2) is 62.3 Å². The van der Waals surface area contributed by atoms with Gasteiger partial charge < -0.3 is 187 Å². The summed E-state index contributed by atoms with van der Waals surface area (Å²) >= 11 is 0. The van der Waals surface area contributed by atoms with Gasteiger partial charge in [-0.25, -0.2) is 4.79 Å². The Morgan fingerprint density at radius 2 is 1.06 bits per heavy atom. The van der Waals surface area contributed by atoms with Gasteiger partial charge in [0.2, 0.25) is 6.29 Å². The van der Waals surface area contributed by atoms with Crippen molar-refractivity contribution >= 4 is 24.2 Å². The molecule has 20 N–H and O–H groups in total. The number of fused-ring (bicyclic) bond motifs is 7. The number of rotatable bonds is 21. The van der Waals surface area contributed by atoms with Gasteiger partial charge in [0.05, 0.1) is 69.0 Å². The predicted octanol–water partition coefficient (Wildman–Crippen LogP) is -6.68. The minimum absolute atomic E-state index is 0.0252. The van der Waals surface area contributed by atoms with Crippen LogP contribution in [0.3, 0.4) is 0 Å². The Balaban J connectivity index is 0.796. The van der Waals surface area contributed by atoms with Crippen LogP contribution in [-0.2, 0) is 99.7 Å². The van der Waals surface area contributed by atoms with Crippen molar-refractivity contribution in [3.63, 3.8) is 0 Å². The molecule has 0 bridgehead atoms. The highest BCUT2D eigenvalue weighted by Crippen LogP contribution is 2.77. The fraction of sp³-hybridized carbons (Fsp3) is 0.923. The highest BCUT2D eigenvalue weighted by atomic mass is 16.8. The van der Waals surface area contributed by atoms with Crippen LogP contribution in [0.15, 0.2) is 11.6 Å². The first-order chi connectivity index (χ1) is 55.7. The van der Waals surface area contributed by atoms with Gasteiger partial charge in [-0.3, -0.25) is 9.59 Å². The van der Waals surface area contributed by atoms with Crippen molar-refractivity contribution in [1.29, 1.82) is 0 Å². The summed E-state index contributed by atoms with van der Waals surface area (Å²) in [7, 11) is 0. The van der Waals surface area contributed by atoms with E-state index in [-0.39, 0.29) is 25.2 Å². The quantitative estimate of drug-likeness (QED) is 0.0220. The first-order valence-electron chi connectivity index (χ1n) is 41.1. The molecule has 41 nitrogen and oxygen atoms in total. The molecule has 13 rings (SSSR count). The molecule has 13 aliphatic rings. The fourth-order valence-electron chi connectivity index (χ4n) is 22.1. The van der Waals surface area contributed by atoms with Crippen molar-refractivity contribution in [2.75, 3.05) is 33.0 Å². The average Bonchev–Trinajstić information content (AvgIpc) is 0.798. The van der Waals surface area contributed by atoms with Crippen molar-refractivity contribution in [2.24, 2.45) is 56.2 Å².